The SMILES string of the molecule is NC(CCC(=O)NCc1ccccc1)C(=O)NO. The normalized spacial score (nSPS) is 11.7. The van der Waals surface area contributed by atoms with E-state index in [1.807, 2.05) is 30.3 Å². The van der Waals surface area contributed by atoms with Gasteiger partial charge in [-0.1, -0.05) is 30.3 Å². The van der Waals surface area contributed by atoms with Crippen LogP contribution in [0.5, 0.6) is 0 Å². The maximum Gasteiger partial charge on any atom is 0.260 e. The van der Waals surface area contributed by atoms with Crippen molar-refractivity contribution < 1.29 is 14.8 Å². The first-order chi connectivity index (χ1) is 8.63. The van der Waals surface area contributed by atoms with Crippen molar-refractivity contribution in [1.82, 2.24) is 10.8 Å². The largest absolute Gasteiger partial charge is 0.352 e. The van der Waals surface area contributed by atoms with Gasteiger partial charge in [0.1, 0.15) is 0 Å². The number of hydrogen-bond donors (Lipinski definition) is 4. The lowest BCUT2D eigenvalue weighted by Crippen LogP contribution is -2.39. The van der Waals surface area contributed by atoms with Crippen LogP contribution in [0.3, 0.4) is 0 Å². The lowest BCUT2D eigenvalue weighted by Gasteiger charge is -2.09. The molecule has 98 valence electrons. The number of rotatable bonds is 6. The molecular weight excluding hydrogens is 234 g/mol. The second-order valence-corrected chi connectivity index (χ2v) is 3.88. The third-order valence-electron chi connectivity index (χ3n) is 2.46. The topological polar surface area (TPSA) is 104 Å². The molecule has 6 nitrogen and oxygen atoms in total. The van der Waals surface area contributed by atoms with Gasteiger partial charge in [0.05, 0.1) is 6.04 Å². The minimum atomic E-state index is -0.877. The highest BCUT2D eigenvalue weighted by Crippen LogP contribution is 1.99. The molecule has 2 amide bonds. The fourth-order valence-electron chi connectivity index (χ4n) is 1.39. The lowest BCUT2D eigenvalue weighted by atomic mass is 10.1. The van der Waals surface area contributed by atoms with Crippen LogP contribution in [0.4, 0.5) is 0 Å². The second-order valence-electron chi connectivity index (χ2n) is 3.88. The highest BCUT2D eigenvalue weighted by molar-refractivity contribution is 5.82. The van der Waals surface area contributed by atoms with Crippen molar-refractivity contribution in [2.75, 3.05) is 0 Å². The summed E-state index contributed by atoms with van der Waals surface area (Å²) in [5.41, 5.74) is 7.88. The Morgan fingerprint density at radius 1 is 1.28 bits per heavy atom. The Morgan fingerprint density at radius 3 is 2.56 bits per heavy atom. The molecule has 1 aromatic rings. The van der Waals surface area contributed by atoms with Gasteiger partial charge in [-0.15, -0.1) is 0 Å². The molecule has 0 aromatic heterocycles. The molecule has 1 unspecified atom stereocenters. The minimum Gasteiger partial charge on any atom is -0.352 e. The zero-order chi connectivity index (χ0) is 13.4. The summed E-state index contributed by atoms with van der Waals surface area (Å²) in [5.74, 6) is -0.870. The number of carbonyl (C=O) groups excluding carboxylic acids is 2. The predicted molar refractivity (Wildman–Crippen MR) is 65.4 cm³/mol. The van der Waals surface area contributed by atoms with E-state index in [1.165, 1.54) is 5.48 Å². The first kappa shape index (κ1) is 14.1. The lowest BCUT2D eigenvalue weighted by molar-refractivity contribution is -0.130. The Balaban J connectivity index is 2.24. The van der Waals surface area contributed by atoms with Crippen LogP contribution >= 0.6 is 0 Å². The average molecular weight is 251 g/mol. The van der Waals surface area contributed by atoms with Crippen LogP contribution in [-0.2, 0) is 16.1 Å². The zero-order valence-corrected chi connectivity index (χ0v) is 9.93. The maximum absolute atomic E-state index is 11.5. The van der Waals surface area contributed by atoms with Crippen LogP contribution in [0.2, 0.25) is 0 Å². The van der Waals surface area contributed by atoms with Gasteiger partial charge in [0, 0.05) is 13.0 Å². The summed E-state index contributed by atoms with van der Waals surface area (Å²) in [5, 5.41) is 11.1. The molecule has 0 saturated carbocycles. The van der Waals surface area contributed by atoms with Gasteiger partial charge in [0.2, 0.25) is 5.91 Å². The van der Waals surface area contributed by atoms with Crippen LogP contribution in [0.1, 0.15) is 18.4 Å². The summed E-state index contributed by atoms with van der Waals surface area (Å²) in [7, 11) is 0. The molecule has 1 aromatic carbocycles. The molecule has 0 fully saturated rings. The highest BCUT2D eigenvalue weighted by atomic mass is 16.5. The average Bonchev–Trinajstić information content (AvgIpc) is 2.42. The van der Waals surface area contributed by atoms with E-state index in [1.54, 1.807) is 0 Å². The maximum atomic E-state index is 11.5. The molecule has 0 aliphatic carbocycles. The Bertz CT molecular complexity index is 395. The zero-order valence-electron chi connectivity index (χ0n) is 9.93. The van der Waals surface area contributed by atoms with Gasteiger partial charge in [-0.2, -0.15) is 0 Å². The van der Waals surface area contributed by atoms with E-state index in [4.69, 9.17) is 10.9 Å². The summed E-state index contributed by atoms with van der Waals surface area (Å²) in [6.07, 6.45) is 0.328. The van der Waals surface area contributed by atoms with Gasteiger partial charge in [0.15, 0.2) is 0 Å². The number of nitrogens with two attached hydrogens (primary N) is 1. The molecule has 1 atom stereocenters. The predicted octanol–water partition coefficient (Wildman–Crippen LogP) is -0.0843. The van der Waals surface area contributed by atoms with E-state index in [0.29, 0.717) is 6.54 Å². The van der Waals surface area contributed by atoms with Crippen molar-refractivity contribution in [1.29, 1.82) is 0 Å². The molecule has 0 heterocycles. The van der Waals surface area contributed by atoms with Gasteiger partial charge in [0.25, 0.3) is 5.91 Å². The van der Waals surface area contributed by atoms with Crippen LogP contribution in [-0.4, -0.2) is 23.1 Å². The molecular formula is C12H17N3O3. The summed E-state index contributed by atoms with van der Waals surface area (Å²) < 4.78 is 0. The summed E-state index contributed by atoms with van der Waals surface area (Å²) in [6, 6.07) is 8.62. The van der Waals surface area contributed by atoms with Crippen LogP contribution < -0.4 is 16.5 Å². The first-order valence-electron chi connectivity index (χ1n) is 5.63. The van der Waals surface area contributed by atoms with E-state index < -0.39 is 11.9 Å². The monoisotopic (exact) mass is 251 g/mol. The first-order valence-corrected chi connectivity index (χ1v) is 5.63. The fraction of sp³-hybridized carbons (Fsp3) is 0.333. The third kappa shape index (κ3) is 4.94. The van der Waals surface area contributed by atoms with E-state index in [2.05, 4.69) is 5.32 Å². The summed E-state index contributed by atoms with van der Waals surface area (Å²) in [4.78, 5) is 22.4. The van der Waals surface area contributed by atoms with Crippen LogP contribution in [0.15, 0.2) is 30.3 Å². The molecule has 18 heavy (non-hydrogen) atoms. The molecule has 0 radical (unpaired) electrons. The van der Waals surface area contributed by atoms with Crippen LogP contribution in [0.25, 0.3) is 0 Å². The van der Waals surface area contributed by atoms with Gasteiger partial charge in [-0.3, -0.25) is 14.8 Å². The minimum absolute atomic E-state index is 0.140. The fourth-order valence-corrected chi connectivity index (χ4v) is 1.39. The van der Waals surface area contributed by atoms with E-state index >= 15 is 0 Å². The Kier molecular flexibility index (Phi) is 5.83. The Morgan fingerprint density at radius 2 is 1.94 bits per heavy atom. The van der Waals surface area contributed by atoms with Crippen LogP contribution in [0, 0.1) is 0 Å². The molecule has 0 aliphatic rings. The highest BCUT2D eigenvalue weighted by Gasteiger charge is 2.13. The molecule has 0 aliphatic heterocycles. The summed E-state index contributed by atoms with van der Waals surface area (Å²) in [6.45, 7) is 0.446. The number of hydroxylamine groups is 1. The van der Waals surface area contributed by atoms with E-state index in [0.717, 1.165) is 5.56 Å². The molecule has 0 saturated heterocycles. The number of carbonyl (C=O) groups is 2. The Hall–Kier alpha value is -1.92. The van der Waals surface area contributed by atoms with Gasteiger partial charge < -0.3 is 11.1 Å². The quantitative estimate of drug-likeness (QED) is 0.419. The number of benzene rings is 1. The smallest absolute Gasteiger partial charge is 0.260 e. The summed E-state index contributed by atoms with van der Waals surface area (Å²) >= 11 is 0. The van der Waals surface area contributed by atoms with Crippen molar-refractivity contribution in [3.05, 3.63) is 35.9 Å². The molecule has 6 heteroatoms. The van der Waals surface area contributed by atoms with E-state index in [9.17, 15) is 9.59 Å². The standard InChI is InChI=1S/C12H17N3O3/c13-10(12(17)15-18)6-7-11(16)14-8-9-4-2-1-3-5-9/h1-5,10,18H,6-8,13H2,(H,14,16)(H,15,17). The van der Waals surface area contributed by atoms with Gasteiger partial charge in [-0.05, 0) is 12.0 Å². The number of amides is 2. The molecule has 5 N–H and O–H groups in total. The van der Waals surface area contributed by atoms with Crippen molar-refractivity contribution >= 4 is 11.8 Å². The Labute approximate surface area is 105 Å². The van der Waals surface area contributed by atoms with Gasteiger partial charge in [-0.25, -0.2) is 5.48 Å². The van der Waals surface area contributed by atoms with E-state index in [-0.39, 0.29) is 18.7 Å². The van der Waals surface area contributed by atoms with Crippen molar-refractivity contribution in [2.24, 2.45) is 5.73 Å². The molecule has 0 spiro atoms. The number of nitrogens with one attached hydrogen (secondary N) is 2. The number of hydrogen-bond acceptors (Lipinski definition) is 4. The van der Waals surface area contributed by atoms with Gasteiger partial charge >= 0.3 is 0 Å². The van der Waals surface area contributed by atoms with Crippen molar-refractivity contribution in [3.63, 3.8) is 0 Å². The second kappa shape index (κ2) is 7.41. The molecule has 1 rings (SSSR count). The third-order valence-corrected chi connectivity index (χ3v) is 2.46. The van der Waals surface area contributed by atoms with Crippen molar-refractivity contribution in [2.45, 2.75) is 25.4 Å². The van der Waals surface area contributed by atoms with Crippen molar-refractivity contribution in [3.8, 4) is 0 Å². The molecule has 0 bridgehead atoms.